The van der Waals surface area contributed by atoms with Crippen molar-refractivity contribution in [1.29, 1.82) is 0 Å². The number of benzene rings is 7. The van der Waals surface area contributed by atoms with E-state index in [1.165, 1.54) is 70.7 Å². The van der Waals surface area contributed by atoms with Gasteiger partial charge in [-0.1, -0.05) is 134 Å². The van der Waals surface area contributed by atoms with Gasteiger partial charge in [0.1, 0.15) is 0 Å². The maximum atomic E-state index is 5.15. The Hall–Kier alpha value is -6.97. The van der Waals surface area contributed by atoms with Crippen LogP contribution in [-0.4, -0.2) is 14.8 Å². The first-order valence-electron chi connectivity index (χ1n) is 18.2. The van der Waals surface area contributed by atoms with E-state index in [0.29, 0.717) is 0 Å². The number of hydrogen-bond acceptors (Lipinski definition) is 1. The van der Waals surface area contributed by atoms with Crippen molar-refractivity contribution in [3.05, 3.63) is 205 Å². The first kappa shape index (κ1) is 29.7. The van der Waals surface area contributed by atoms with E-state index in [2.05, 4.69) is 198 Å². The van der Waals surface area contributed by atoms with Crippen LogP contribution >= 0.6 is 0 Å². The van der Waals surface area contributed by atoms with Crippen LogP contribution in [0.4, 0.5) is 0 Å². The predicted molar refractivity (Wildman–Crippen MR) is 225 cm³/mol. The van der Waals surface area contributed by atoms with E-state index in [4.69, 9.17) is 4.99 Å². The molecule has 0 radical (unpaired) electrons. The SMILES string of the molecule is C=C1/C=C\C(n2c3cccc4c5ccccc5c5cccc6c5c5c(c43)c2ccc5n6-c2ccccc2)=C/C(c2ccccc2)C(c2ccccc2)=N1. The van der Waals surface area contributed by atoms with Crippen molar-refractivity contribution < 1.29 is 0 Å². The Bertz CT molecular complexity index is 3160. The highest BCUT2D eigenvalue weighted by Crippen LogP contribution is 2.48. The molecule has 0 fully saturated rings. The zero-order valence-corrected chi connectivity index (χ0v) is 28.9. The average molecular weight is 676 g/mol. The molecule has 8 aromatic carbocycles. The quantitative estimate of drug-likeness (QED) is 0.177. The molecule has 0 saturated heterocycles. The molecule has 10 aromatic rings. The van der Waals surface area contributed by atoms with Crippen LogP contribution in [0.5, 0.6) is 0 Å². The molecule has 0 bridgehead atoms. The number of aliphatic imine (C=N–C) groups is 1. The number of hydrogen-bond donors (Lipinski definition) is 0. The van der Waals surface area contributed by atoms with Crippen LogP contribution < -0.4 is 0 Å². The minimum Gasteiger partial charge on any atom is -0.309 e. The average Bonchev–Trinajstić information content (AvgIpc) is 3.73. The summed E-state index contributed by atoms with van der Waals surface area (Å²) in [5, 5.41) is 10.1. The maximum absolute atomic E-state index is 5.15. The summed E-state index contributed by atoms with van der Waals surface area (Å²) in [6, 6.07) is 59.2. The molecule has 0 N–H and O–H groups in total. The third-order valence-electron chi connectivity index (χ3n) is 11.1. The maximum Gasteiger partial charge on any atom is 0.0596 e. The van der Waals surface area contributed by atoms with Gasteiger partial charge in [0.25, 0.3) is 0 Å². The van der Waals surface area contributed by atoms with Crippen molar-refractivity contribution in [3.63, 3.8) is 0 Å². The Morgan fingerprint density at radius 2 is 0.943 bits per heavy atom. The summed E-state index contributed by atoms with van der Waals surface area (Å²) < 4.78 is 4.92. The Morgan fingerprint density at radius 3 is 1.58 bits per heavy atom. The number of allylic oxidation sites excluding steroid dienone is 4. The van der Waals surface area contributed by atoms with Crippen molar-refractivity contribution >= 4 is 76.6 Å². The third-order valence-corrected chi connectivity index (χ3v) is 11.1. The van der Waals surface area contributed by atoms with Gasteiger partial charge in [0.15, 0.2) is 0 Å². The molecule has 1 atom stereocenters. The topological polar surface area (TPSA) is 22.2 Å². The summed E-state index contributed by atoms with van der Waals surface area (Å²) in [5.74, 6) is -0.113. The zero-order valence-electron chi connectivity index (χ0n) is 28.9. The third kappa shape index (κ3) is 4.38. The highest BCUT2D eigenvalue weighted by Gasteiger charge is 2.26. The van der Waals surface area contributed by atoms with Gasteiger partial charge < -0.3 is 9.13 Å². The highest BCUT2D eigenvalue weighted by atomic mass is 15.0. The first-order chi connectivity index (χ1) is 26.2. The van der Waals surface area contributed by atoms with Gasteiger partial charge in [0.2, 0.25) is 0 Å². The van der Waals surface area contributed by atoms with Crippen LogP contribution in [-0.2, 0) is 0 Å². The molecule has 3 nitrogen and oxygen atoms in total. The van der Waals surface area contributed by atoms with Gasteiger partial charge in [-0.25, -0.2) is 0 Å². The second kappa shape index (κ2) is 11.5. The van der Waals surface area contributed by atoms with Crippen LogP contribution in [0.15, 0.2) is 199 Å². The van der Waals surface area contributed by atoms with Gasteiger partial charge >= 0.3 is 0 Å². The van der Waals surface area contributed by atoms with Gasteiger partial charge in [-0.15, -0.1) is 0 Å². The van der Waals surface area contributed by atoms with Crippen LogP contribution in [0.3, 0.4) is 0 Å². The smallest absolute Gasteiger partial charge is 0.0596 e. The van der Waals surface area contributed by atoms with Crippen LogP contribution in [0.2, 0.25) is 0 Å². The van der Waals surface area contributed by atoms with E-state index in [1.807, 2.05) is 0 Å². The Balaban J connectivity index is 1.33. The lowest BCUT2D eigenvalue weighted by atomic mass is 9.88. The summed E-state index contributed by atoms with van der Waals surface area (Å²) >= 11 is 0. The van der Waals surface area contributed by atoms with E-state index < -0.39 is 0 Å². The minimum atomic E-state index is -0.113. The van der Waals surface area contributed by atoms with E-state index in [0.717, 1.165) is 28.4 Å². The van der Waals surface area contributed by atoms with Crippen LogP contribution in [0.1, 0.15) is 17.0 Å². The Labute approximate surface area is 306 Å². The van der Waals surface area contributed by atoms with E-state index in [-0.39, 0.29) is 5.92 Å². The lowest BCUT2D eigenvalue weighted by Gasteiger charge is -2.21. The van der Waals surface area contributed by atoms with Crippen molar-refractivity contribution in [3.8, 4) is 5.69 Å². The number of fused-ring (bicyclic) bond motifs is 3. The van der Waals surface area contributed by atoms with Gasteiger partial charge in [-0.2, -0.15) is 0 Å². The molecule has 0 amide bonds. The highest BCUT2D eigenvalue weighted by molar-refractivity contribution is 6.39. The zero-order chi connectivity index (χ0) is 35.0. The molecule has 53 heavy (non-hydrogen) atoms. The molecule has 1 aliphatic heterocycles. The molecule has 1 unspecified atom stereocenters. The fourth-order valence-corrected chi connectivity index (χ4v) is 8.90. The van der Waals surface area contributed by atoms with E-state index >= 15 is 0 Å². The van der Waals surface area contributed by atoms with E-state index in [1.54, 1.807) is 0 Å². The molecule has 3 heterocycles. The normalized spacial score (nSPS) is 16.8. The molecule has 0 spiro atoms. The van der Waals surface area contributed by atoms with E-state index in [9.17, 15) is 0 Å². The molecule has 2 aromatic heterocycles. The summed E-state index contributed by atoms with van der Waals surface area (Å²) in [4.78, 5) is 5.15. The van der Waals surface area contributed by atoms with Gasteiger partial charge in [0.05, 0.1) is 33.5 Å². The number of para-hydroxylation sites is 1. The van der Waals surface area contributed by atoms with Gasteiger partial charge in [-0.05, 0) is 87.3 Å². The number of nitrogens with zero attached hydrogens (tertiary/aromatic N) is 3. The lowest BCUT2D eigenvalue weighted by Crippen LogP contribution is -2.15. The largest absolute Gasteiger partial charge is 0.309 e. The molecule has 11 rings (SSSR count). The number of aromatic nitrogens is 2. The standard InChI is InChI=1S/C50H33N3/c1-32-27-28-36(31-41(33-15-5-2-6-16-33)50(51-32)34-17-7-3-8-18-34)53-43-26-14-24-40-38-22-12-11-21-37(38)39-23-13-25-42-46(39)48-44(29-30-45(53)49(48)47(40)43)52(42)35-19-9-4-10-20-35/h2-31,41H,1H2/b28-27-,36-31+,39-37?,40-38?,51-50?. The fraction of sp³-hybridized carbons (Fsp3) is 0.0200. The summed E-state index contributed by atoms with van der Waals surface area (Å²) in [5.41, 5.74) is 11.0. The second-order valence-corrected chi connectivity index (χ2v) is 14.0. The van der Waals surface area contributed by atoms with Gasteiger partial charge in [0, 0.05) is 38.8 Å². The molecular formula is C50H33N3. The summed E-state index contributed by atoms with van der Waals surface area (Å²) in [6.45, 7) is 4.41. The molecule has 0 aliphatic carbocycles. The van der Waals surface area contributed by atoms with Crippen molar-refractivity contribution in [2.75, 3.05) is 0 Å². The fourth-order valence-electron chi connectivity index (χ4n) is 8.90. The Morgan fingerprint density at radius 1 is 0.434 bits per heavy atom. The second-order valence-electron chi connectivity index (χ2n) is 14.0. The summed E-state index contributed by atoms with van der Waals surface area (Å²) in [7, 11) is 0. The molecule has 1 aliphatic rings. The van der Waals surface area contributed by atoms with Crippen molar-refractivity contribution in [2.45, 2.75) is 5.92 Å². The molecular weight excluding hydrogens is 643 g/mol. The lowest BCUT2D eigenvalue weighted by molar-refractivity contribution is 1.10. The minimum absolute atomic E-state index is 0.113. The van der Waals surface area contributed by atoms with Crippen molar-refractivity contribution in [1.82, 2.24) is 9.13 Å². The molecule has 0 saturated carbocycles. The molecule has 248 valence electrons. The summed E-state index contributed by atoms with van der Waals surface area (Å²) in [6.07, 6.45) is 6.65. The monoisotopic (exact) mass is 675 g/mol. The van der Waals surface area contributed by atoms with Crippen LogP contribution in [0.25, 0.3) is 76.5 Å². The predicted octanol–water partition coefficient (Wildman–Crippen LogP) is 12.8. The molecule has 3 heteroatoms. The Kier molecular flexibility index (Phi) is 6.47. The van der Waals surface area contributed by atoms with Crippen LogP contribution in [0, 0.1) is 0 Å². The number of rotatable bonds is 4. The van der Waals surface area contributed by atoms with Gasteiger partial charge in [-0.3, -0.25) is 4.99 Å². The first-order valence-corrected chi connectivity index (χ1v) is 18.2. The van der Waals surface area contributed by atoms with Crippen molar-refractivity contribution in [2.24, 2.45) is 4.99 Å².